The Bertz CT molecular complexity index is 1130. The third-order valence-corrected chi connectivity index (χ3v) is 5.44. The number of fused-ring (bicyclic) bond motifs is 2. The van der Waals surface area contributed by atoms with Crippen molar-refractivity contribution < 1.29 is 4.52 Å². The summed E-state index contributed by atoms with van der Waals surface area (Å²) in [5.74, 6) is 1.07. The van der Waals surface area contributed by atoms with Gasteiger partial charge in [0, 0.05) is 42.0 Å². The molecular formula is C20H22N6O. The van der Waals surface area contributed by atoms with Crippen molar-refractivity contribution in [2.24, 2.45) is 5.41 Å². The lowest BCUT2D eigenvalue weighted by atomic mass is 9.76. The van der Waals surface area contributed by atoms with E-state index in [0.717, 1.165) is 42.7 Å². The Hall–Kier alpha value is -2.96. The summed E-state index contributed by atoms with van der Waals surface area (Å²) in [6.07, 6.45) is 8.80. The molecule has 0 fully saturated rings. The van der Waals surface area contributed by atoms with Gasteiger partial charge in [-0.25, -0.2) is 4.98 Å². The predicted molar refractivity (Wildman–Crippen MR) is 101 cm³/mol. The molecule has 4 heterocycles. The minimum Gasteiger partial charge on any atom is -0.332 e. The predicted octanol–water partition coefficient (Wildman–Crippen LogP) is 3.78. The first-order chi connectivity index (χ1) is 13.0. The summed E-state index contributed by atoms with van der Waals surface area (Å²) in [5, 5.41) is 9.00. The Kier molecular flexibility index (Phi) is 3.47. The van der Waals surface area contributed by atoms with Crippen molar-refractivity contribution in [2.75, 3.05) is 0 Å². The number of aryl methyl sites for hydroxylation is 1. The van der Waals surface area contributed by atoms with E-state index in [2.05, 4.69) is 40.6 Å². The van der Waals surface area contributed by atoms with Crippen molar-refractivity contribution in [1.82, 2.24) is 29.3 Å². The number of rotatable bonds is 3. The summed E-state index contributed by atoms with van der Waals surface area (Å²) in [6.45, 7) is 7.61. The molecule has 0 radical (unpaired) electrons. The number of nitrogens with zero attached hydrogens (tertiary/aromatic N) is 6. The van der Waals surface area contributed by atoms with E-state index in [-0.39, 0.29) is 0 Å². The Labute approximate surface area is 157 Å². The van der Waals surface area contributed by atoms with Gasteiger partial charge in [0.15, 0.2) is 5.69 Å². The lowest BCUT2D eigenvalue weighted by Crippen LogP contribution is -2.24. The average Bonchev–Trinajstić information content (AvgIpc) is 3.37. The molecule has 0 bridgehead atoms. The Balaban J connectivity index is 1.56. The molecule has 0 spiro atoms. The van der Waals surface area contributed by atoms with Crippen LogP contribution in [0.5, 0.6) is 0 Å². The third-order valence-electron chi connectivity index (χ3n) is 5.44. The fourth-order valence-corrected chi connectivity index (χ4v) is 3.92. The zero-order chi connectivity index (χ0) is 18.6. The molecule has 5 rings (SSSR count). The van der Waals surface area contributed by atoms with Crippen LogP contribution in [0.15, 0.2) is 35.2 Å². The van der Waals surface area contributed by atoms with Crippen LogP contribution in [-0.4, -0.2) is 29.3 Å². The van der Waals surface area contributed by atoms with Gasteiger partial charge in [-0.1, -0.05) is 19.0 Å². The average molecular weight is 362 g/mol. The number of aromatic nitrogens is 6. The van der Waals surface area contributed by atoms with Gasteiger partial charge < -0.3 is 8.92 Å². The first-order valence-electron chi connectivity index (χ1n) is 9.40. The second kappa shape index (κ2) is 5.77. The standard InChI is InChI=1S/C20H22N6O/c1-4-26-15-11-20(2,3)8-7-14(15)17(23-26)19-22-18(24-27-19)13-5-6-16-21-9-10-25(16)12-13/h5-6,9-10,12H,4,7-8,11H2,1-3H3. The molecule has 0 aliphatic heterocycles. The van der Waals surface area contributed by atoms with E-state index in [1.54, 1.807) is 6.20 Å². The van der Waals surface area contributed by atoms with Gasteiger partial charge in [0.1, 0.15) is 5.65 Å². The van der Waals surface area contributed by atoms with Gasteiger partial charge in [0.25, 0.3) is 5.89 Å². The first-order valence-corrected chi connectivity index (χ1v) is 9.40. The minimum atomic E-state index is 0.303. The Morgan fingerprint density at radius 3 is 3.00 bits per heavy atom. The molecule has 7 heteroatoms. The molecule has 0 unspecified atom stereocenters. The third kappa shape index (κ3) is 2.65. The molecular weight excluding hydrogens is 340 g/mol. The molecule has 4 aromatic heterocycles. The highest BCUT2D eigenvalue weighted by molar-refractivity contribution is 5.61. The van der Waals surface area contributed by atoms with Crippen LogP contribution in [0, 0.1) is 5.41 Å². The van der Waals surface area contributed by atoms with Crippen LogP contribution in [0.25, 0.3) is 28.6 Å². The second-order valence-corrected chi connectivity index (χ2v) is 7.96. The highest BCUT2D eigenvalue weighted by atomic mass is 16.5. The molecule has 1 aliphatic carbocycles. The molecule has 0 atom stereocenters. The summed E-state index contributed by atoms with van der Waals surface area (Å²) in [4.78, 5) is 8.91. The van der Waals surface area contributed by atoms with Crippen molar-refractivity contribution >= 4 is 5.65 Å². The number of hydrogen-bond acceptors (Lipinski definition) is 5. The van der Waals surface area contributed by atoms with Crippen LogP contribution in [0.4, 0.5) is 0 Å². The summed E-state index contributed by atoms with van der Waals surface area (Å²) in [7, 11) is 0. The van der Waals surface area contributed by atoms with Crippen molar-refractivity contribution in [1.29, 1.82) is 0 Å². The van der Waals surface area contributed by atoms with E-state index in [1.165, 1.54) is 11.3 Å². The zero-order valence-electron chi connectivity index (χ0n) is 15.8. The lowest BCUT2D eigenvalue weighted by Gasteiger charge is -2.30. The van der Waals surface area contributed by atoms with Crippen molar-refractivity contribution in [3.05, 3.63) is 42.0 Å². The van der Waals surface area contributed by atoms with E-state index in [9.17, 15) is 0 Å². The van der Waals surface area contributed by atoms with Gasteiger partial charge >= 0.3 is 0 Å². The molecule has 1 aliphatic rings. The first kappa shape index (κ1) is 16.2. The number of pyridine rings is 1. The highest BCUT2D eigenvalue weighted by Gasteiger charge is 2.32. The van der Waals surface area contributed by atoms with Crippen LogP contribution in [0.1, 0.15) is 38.4 Å². The maximum atomic E-state index is 5.61. The summed E-state index contributed by atoms with van der Waals surface area (Å²) in [5.41, 5.74) is 5.49. The van der Waals surface area contributed by atoms with Gasteiger partial charge in [-0.05, 0) is 43.7 Å². The van der Waals surface area contributed by atoms with E-state index >= 15 is 0 Å². The molecule has 0 N–H and O–H groups in total. The van der Waals surface area contributed by atoms with E-state index in [4.69, 9.17) is 9.62 Å². The molecule has 0 aromatic carbocycles. The van der Waals surface area contributed by atoms with Crippen LogP contribution >= 0.6 is 0 Å². The molecule has 7 nitrogen and oxygen atoms in total. The SMILES string of the molecule is CCn1nc(-c2nc(-c3ccc4nccn4c3)no2)c2c1CC(C)(C)CC2. The number of hydrogen-bond donors (Lipinski definition) is 0. The molecule has 27 heavy (non-hydrogen) atoms. The fourth-order valence-electron chi connectivity index (χ4n) is 3.92. The number of imidazole rings is 1. The quantitative estimate of drug-likeness (QED) is 0.554. The largest absolute Gasteiger partial charge is 0.332 e. The van der Waals surface area contributed by atoms with Crippen molar-refractivity contribution in [2.45, 2.75) is 46.6 Å². The smallest absolute Gasteiger partial charge is 0.279 e. The van der Waals surface area contributed by atoms with Crippen LogP contribution in [-0.2, 0) is 19.4 Å². The van der Waals surface area contributed by atoms with Gasteiger partial charge in [0.2, 0.25) is 5.82 Å². The Morgan fingerprint density at radius 1 is 1.26 bits per heavy atom. The van der Waals surface area contributed by atoms with Gasteiger partial charge in [-0.2, -0.15) is 10.1 Å². The summed E-state index contributed by atoms with van der Waals surface area (Å²) in [6, 6.07) is 3.90. The summed E-state index contributed by atoms with van der Waals surface area (Å²) >= 11 is 0. The molecule has 4 aromatic rings. The summed E-state index contributed by atoms with van der Waals surface area (Å²) < 4.78 is 9.65. The van der Waals surface area contributed by atoms with Gasteiger partial charge in [0.05, 0.1) is 0 Å². The molecule has 0 saturated carbocycles. The topological polar surface area (TPSA) is 74.0 Å². The monoisotopic (exact) mass is 362 g/mol. The Morgan fingerprint density at radius 2 is 2.15 bits per heavy atom. The van der Waals surface area contributed by atoms with Crippen LogP contribution in [0.3, 0.4) is 0 Å². The maximum Gasteiger partial charge on any atom is 0.279 e. The van der Waals surface area contributed by atoms with Crippen molar-refractivity contribution in [3.8, 4) is 23.0 Å². The molecule has 0 saturated heterocycles. The van der Waals surface area contributed by atoms with Crippen LogP contribution < -0.4 is 0 Å². The maximum absolute atomic E-state index is 5.61. The van der Waals surface area contributed by atoms with E-state index < -0.39 is 0 Å². The van der Waals surface area contributed by atoms with Crippen molar-refractivity contribution in [3.63, 3.8) is 0 Å². The van der Waals surface area contributed by atoms with E-state index in [1.807, 2.05) is 28.9 Å². The van der Waals surface area contributed by atoms with Gasteiger partial charge in [-0.15, -0.1) is 0 Å². The zero-order valence-corrected chi connectivity index (χ0v) is 15.8. The second-order valence-electron chi connectivity index (χ2n) is 7.96. The van der Waals surface area contributed by atoms with E-state index in [0.29, 0.717) is 17.1 Å². The normalized spacial score (nSPS) is 16.0. The molecule has 0 amide bonds. The highest BCUT2D eigenvalue weighted by Crippen LogP contribution is 2.38. The lowest BCUT2D eigenvalue weighted by molar-refractivity contribution is 0.304. The van der Waals surface area contributed by atoms with Crippen LogP contribution in [0.2, 0.25) is 0 Å². The van der Waals surface area contributed by atoms with Gasteiger partial charge in [-0.3, -0.25) is 4.68 Å². The minimum absolute atomic E-state index is 0.303. The molecule has 138 valence electrons. The fraction of sp³-hybridized carbons (Fsp3) is 0.400.